The highest BCUT2D eigenvalue weighted by Gasteiger charge is 2.08. The Labute approximate surface area is 146 Å². The van der Waals surface area contributed by atoms with E-state index in [1.165, 1.54) is 16.7 Å². The van der Waals surface area contributed by atoms with Crippen molar-refractivity contribution in [3.05, 3.63) is 69.1 Å². The van der Waals surface area contributed by atoms with Crippen molar-refractivity contribution in [2.24, 2.45) is 0 Å². The van der Waals surface area contributed by atoms with Crippen LogP contribution >= 0.6 is 24.0 Å². The summed E-state index contributed by atoms with van der Waals surface area (Å²) in [4.78, 5) is 24.0. The molecule has 124 valence electrons. The summed E-state index contributed by atoms with van der Waals surface area (Å²) in [6, 6.07) is 10.2. The topological polar surface area (TPSA) is 63.1 Å². The number of rotatable bonds is 6. The Balaban J connectivity index is 0.00000264. The summed E-state index contributed by atoms with van der Waals surface area (Å²) >= 11 is 6.11. The first-order valence-corrected chi connectivity index (χ1v) is 7.36. The number of likely N-dealkylation sites (N-methyl/N-ethyl adjacent to an activating group) is 1. The molecule has 0 radical (unpaired) electrons. The first-order chi connectivity index (χ1) is 10.6. The molecule has 0 spiro atoms. The van der Waals surface area contributed by atoms with E-state index in [4.69, 9.17) is 11.6 Å². The van der Waals surface area contributed by atoms with Crippen molar-refractivity contribution in [3.63, 3.8) is 0 Å². The third-order valence-corrected chi connectivity index (χ3v) is 3.57. The molecule has 2 aromatic rings. The Hall–Kier alpha value is -1.82. The molecular weight excluding hydrogens is 337 g/mol. The van der Waals surface area contributed by atoms with Crippen LogP contribution in [-0.2, 0) is 6.54 Å². The SMILES string of the molecule is CNCCNC(=O)c1ccc(=O)n(Cc2ccccc2Cl)c1.Cl. The lowest BCUT2D eigenvalue weighted by Crippen LogP contribution is -2.31. The standard InChI is InChI=1S/C16H18ClN3O2.ClH/c1-18-8-9-19-16(22)13-6-7-15(21)20(11-13)10-12-4-2-3-5-14(12)17;/h2-7,11,18H,8-10H2,1H3,(H,19,22);1H. The fourth-order valence-electron chi connectivity index (χ4n) is 2.00. The number of nitrogens with zero attached hydrogens (tertiary/aromatic N) is 1. The summed E-state index contributed by atoms with van der Waals surface area (Å²) in [6.45, 7) is 1.54. The van der Waals surface area contributed by atoms with E-state index in [0.29, 0.717) is 30.2 Å². The number of nitrogens with one attached hydrogen (secondary N) is 2. The molecule has 2 N–H and O–H groups in total. The molecular formula is C16H19Cl2N3O2. The molecule has 1 aromatic carbocycles. The molecule has 1 heterocycles. The zero-order valence-electron chi connectivity index (χ0n) is 12.7. The molecule has 0 unspecified atom stereocenters. The number of aromatic nitrogens is 1. The molecule has 5 nitrogen and oxygen atoms in total. The summed E-state index contributed by atoms with van der Waals surface area (Å²) in [5.74, 6) is -0.205. The highest BCUT2D eigenvalue weighted by Crippen LogP contribution is 2.15. The van der Waals surface area contributed by atoms with Crippen LogP contribution in [0.5, 0.6) is 0 Å². The van der Waals surface area contributed by atoms with Gasteiger partial charge in [-0.2, -0.15) is 0 Å². The fourth-order valence-corrected chi connectivity index (χ4v) is 2.20. The van der Waals surface area contributed by atoms with Crippen molar-refractivity contribution in [2.45, 2.75) is 6.54 Å². The van der Waals surface area contributed by atoms with Crippen LogP contribution in [0, 0.1) is 0 Å². The Bertz CT molecular complexity index is 716. The minimum atomic E-state index is -0.205. The van der Waals surface area contributed by atoms with E-state index in [1.807, 2.05) is 25.2 Å². The van der Waals surface area contributed by atoms with Gasteiger partial charge in [-0.1, -0.05) is 29.8 Å². The van der Waals surface area contributed by atoms with Crippen LogP contribution in [0.3, 0.4) is 0 Å². The predicted molar refractivity (Wildman–Crippen MR) is 94.8 cm³/mol. The Morgan fingerprint density at radius 1 is 1.17 bits per heavy atom. The van der Waals surface area contributed by atoms with Gasteiger partial charge in [-0.15, -0.1) is 12.4 Å². The van der Waals surface area contributed by atoms with Gasteiger partial charge in [-0.05, 0) is 24.7 Å². The highest BCUT2D eigenvalue weighted by atomic mass is 35.5. The maximum Gasteiger partial charge on any atom is 0.252 e. The largest absolute Gasteiger partial charge is 0.351 e. The number of pyridine rings is 1. The second kappa shape index (κ2) is 9.35. The molecule has 0 aliphatic rings. The van der Waals surface area contributed by atoms with Crippen LogP contribution in [0.1, 0.15) is 15.9 Å². The molecule has 0 fully saturated rings. The van der Waals surface area contributed by atoms with Gasteiger partial charge < -0.3 is 15.2 Å². The molecule has 0 saturated carbocycles. The van der Waals surface area contributed by atoms with Crippen LogP contribution in [0.25, 0.3) is 0 Å². The minimum absolute atomic E-state index is 0. The molecule has 2 rings (SSSR count). The summed E-state index contributed by atoms with van der Waals surface area (Å²) < 4.78 is 1.48. The monoisotopic (exact) mass is 355 g/mol. The normalized spacial score (nSPS) is 10.0. The first-order valence-electron chi connectivity index (χ1n) is 6.98. The van der Waals surface area contributed by atoms with Crippen molar-refractivity contribution in [1.29, 1.82) is 0 Å². The van der Waals surface area contributed by atoms with Gasteiger partial charge in [-0.3, -0.25) is 9.59 Å². The Morgan fingerprint density at radius 2 is 1.91 bits per heavy atom. The molecule has 0 saturated heterocycles. The molecule has 1 aromatic heterocycles. The average molecular weight is 356 g/mol. The second-order valence-corrected chi connectivity index (χ2v) is 5.24. The van der Waals surface area contributed by atoms with Crippen LogP contribution in [0.2, 0.25) is 5.02 Å². The number of amides is 1. The molecule has 1 amide bonds. The molecule has 0 atom stereocenters. The number of carbonyl (C=O) groups excluding carboxylic acids is 1. The maximum atomic E-state index is 12.0. The lowest BCUT2D eigenvalue weighted by molar-refractivity contribution is 0.0953. The fraction of sp³-hybridized carbons (Fsp3) is 0.250. The molecule has 0 bridgehead atoms. The van der Waals surface area contributed by atoms with Gasteiger partial charge in [-0.25, -0.2) is 0 Å². The number of hydrogen-bond donors (Lipinski definition) is 2. The van der Waals surface area contributed by atoms with E-state index in [2.05, 4.69) is 10.6 Å². The number of benzene rings is 1. The van der Waals surface area contributed by atoms with Crippen LogP contribution in [-0.4, -0.2) is 30.6 Å². The Kier molecular flexibility index (Phi) is 7.81. The third kappa shape index (κ3) is 5.39. The number of hydrogen-bond acceptors (Lipinski definition) is 3. The highest BCUT2D eigenvalue weighted by molar-refractivity contribution is 6.31. The van der Waals surface area contributed by atoms with E-state index >= 15 is 0 Å². The van der Waals surface area contributed by atoms with Crippen LogP contribution in [0.15, 0.2) is 47.4 Å². The molecule has 23 heavy (non-hydrogen) atoms. The predicted octanol–water partition coefficient (Wildman–Crippen LogP) is 1.92. The quantitative estimate of drug-likeness (QED) is 0.778. The van der Waals surface area contributed by atoms with Gasteiger partial charge in [0, 0.05) is 30.4 Å². The maximum absolute atomic E-state index is 12.0. The number of carbonyl (C=O) groups is 1. The Morgan fingerprint density at radius 3 is 2.61 bits per heavy atom. The van der Waals surface area contributed by atoms with E-state index < -0.39 is 0 Å². The first kappa shape index (κ1) is 19.2. The molecule has 7 heteroatoms. The van der Waals surface area contributed by atoms with Gasteiger partial charge >= 0.3 is 0 Å². The zero-order valence-corrected chi connectivity index (χ0v) is 14.3. The minimum Gasteiger partial charge on any atom is -0.351 e. The van der Waals surface area contributed by atoms with E-state index in [1.54, 1.807) is 12.3 Å². The lowest BCUT2D eigenvalue weighted by Gasteiger charge is -2.10. The van der Waals surface area contributed by atoms with Gasteiger partial charge in [0.15, 0.2) is 0 Å². The van der Waals surface area contributed by atoms with Crippen LogP contribution < -0.4 is 16.2 Å². The summed E-state index contributed by atoms with van der Waals surface area (Å²) in [5.41, 5.74) is 1.11. The average Bonchev–Trinajstić information content (AvgIpc) is 2.51. The summed E-state index contributed by atoms with van der Waals surface area (Å²) in [7, 11) is 1.82. The summed E-state index contributed by atoms with van der Waals surface area (Å²) in [6.07, 6.45) is 1.56. The summed E-state index contributed by atoms with van der Waals surface area (Å²) in [5, 5.41) is 6.32. The van der Waals surface area contributed by atoms with Gasteiger partial charge in [0.05, 0.1) is 12.1 Å². The number of halogens is 2. The molecule has 0 aliphatic heterocycles. The molecule has 0 aliphatic carbocycles. The van der Waals surface area contributed by atoms with Crippen molar-refractivity contribution < 1.29 is 4.79 Å². The van der Waals surface area contributed by atoms with Gasteiger partial charge in [0.2, 0.25) is 0 Å². The van der Waals surface area contributed by atoms with E-state index in [9.17, 15) is 9.59 Å². The van der Waals surface area contributed by atoms with E-state index in [-0.39, 0.29) is 23.9 Å². The van der Waals surface area contributed by atoms with Crippen LogP contribution in [0.4, 0.5) is 0 Å². The van der Waals surface area contributed by atoms with Gasteiger partial charge in [0.25, 0.3) is 11.5 Å². The third-order valence-electron chi connectivity index (χ3n) is 3.20. The van der Waals surface area contributed by atoms with Crippen molar-refractivity contribution in [2.75, 3.05) is 20.1 Å². The van der Waals surface area contributed by atoms with E-state index in [0.717, 1.165) is 5.56 Å². The van der Waals surface area contributed by atoms with Crippen molar-refractivity contribution >= 4 is 29.9 Å². The lowest BCUT2D eigenvalue weighted by atomic mass is 10.2. The second-order valence-electron chi connectivity index (χ2n) is 4.83. The van der Waals surface area contributed by atoms with Gasteiger partial charge in [0.1, 0.15) is 0 Å². The van der Waals surface area contributed by atoms with Crippen molar-refractivity contribution in [3.8, 4) is 0 Å². The van der Waals surface area contributed by atoms with Crippen molar-refractivity contribution in [1.82, 2.24) is 15.2 Å². The smallest absolute Gasteiger partial charge is 0.252 e. The zero-order chi connectivity index (χ0) is 15.9.